The lowest BCUT2D eigenvalue weighted by molar-refractivity contribution is -0.115. The number of aromatic nitrogens is 4. The smallest absolute Gasteiger partial charge is 0.238 e. The maximum absolute atomic E-state index is 12.6. The van der Waals surface area contributed by atoms with Crippen LogP contribution in [0.3, 0.4) is 0 Å². The lowest BCUT2D eigenvalue weighted by Gasteiger charge is -2.14. The van der Waals surface area contributed by atoms with Gasteiger partial charge in [0.15, 0.2) is 16.1 Å². The van der Waals surface area contributed by atoms with Gasteiger partial charge in [0.1, 0.15) is 0 Å². The quantitative estimate of drug-likeness (QED) is 0.409. The minimum absolute atomic E-state index is 0.0366. The molecule has 30 heavy (non-hydrogen) atoms. The summed E-state index contributed by atoms with van der Waals surface area (Å²) < 4.78 is 2.01. The first-order chi connectivity index (χ1) is 14.5. The molecule has 8 heteroatoms. The molecular formula is C22H21N5OS2. The van der Waals surface area contributed by atoms with E-state index in [4.69, 9.17) is 0 Å². The Morgan fingerprint density at radius 1 is 1.10 bits per heavy atom. The second kappa shape index (κ2) is 8.81. The summed E-state index contributed by atoms with van der Waals surface area (Å²) >= 11 is 2.81. The van der Waals surface area contributed by atoms with Crippen molar-refractivity contribution < 1.29 is 4.79 Å². The molecule has 0 spiro atoms. The highest BCUT2D eigenvalue weighted by Crippen LogP contribution is 2.29. The molecule has 2 heterocycles. The van der Waals surface area contributed by atoms with Crippen LogP contribution >= 0.6 is 23.1 Å². The molecule has 1 amide bonds. The standard InChI is InChI=1S/C22H21N5OS2/c1-15-7-9-18(10-8-15)27-20(17-6-4-5-16(2)13-17)24-25-22(27)30-14-19(28)26(3)21-23-11-12-29-21/h4-13H,14H2,1-3H3. The van der Waals surface area contributed by atoms with E-state index in [0.29, 0.717) is 10.3 Å². The van der Waals surface area contributed by atoms with Crippen molar-refractivity contribution in [2.45, 2.75) is 19.0 Å². The molecule has 152 valence electrons. The van der Waals surface area contributed by atoms with Crippen molar-refractivity contribution >= 4 is 34.1 Å². The molecule has 6 nitrogen and oxygen atoms in total. The van der Waals surface area contributed by atoms with Crippen LogP contribution in [0.15, 0.2) is 65.3 Å². The average molecular weight is 436 g/mol. The highest BCUT2D eigenvalue weighted by atomic mass is 32.2. The first-order valence-corrected chi connectivity index (χ1v) is 11.3. The Hall–Kier alpha value is -2.97. The van der Waals surface area contributed by atoms with Gasteiger partial charge >= 0.3 is 0 Å². The van der Waals surface area contributed by atoms with E-state index >= 15 is 0 Å². The van der Waals surface area contributed by atoms with Gasteiger partial charge < -0.3 is 0 Å². The fourth-order valence-corrected chi connectivity index (χ4v) is 4.46. The number of rotatable bonds is 6. The van der Waals surface area contributed by atoms with Crippen LogP contribution in [0.2, 0.25) is 0 Å². The van der Waals surface area contributed by atoms with E-state index in [0.717, 1.165) is 22.6 Å². The van der Waals surface area contributed by atoms with E-state index in [9.17, 15) is 4.79 Å². The summed E-state index contributed by atoms with van der Waals surface area (Å²) in [5.41, 5.74) is 4.28. The molecule has 0 unspecified atom stereocenters. The summed E-state index contributed by atoms with van der Waals surface area (Å²) in [6.45, 7) is 4.11. The second-order valence-corrected chi connectivity index (χ2v) is 8.72. The molecule has 0 bridgehead atoms. The largest absolute Gasteiger partial charge is 0.291 e. The predicted molar refractivity (Wildman–Crippen MR) is 123 cm³/mol. The van der Waals surface area contributed by atoms with Gasteiger partial charge in [-0.2, -0.15) is 0 Å². The number of nitrogens with zero attached hydrogens (tertiary/aromatic N) is 5. The maximum Gasteiger partial charge on any atom is 0.238 e. The molecule has 0 saturated heterocycles. The molecule has 2 aromatic heterocycles. The average Bonchev–Trinajstić information content (AvgIpc) is 3.42. The summed E-state index contributed by atoms with van der Waals surface area (Å²) in [4.78, 5) is 18.4. The van der Waals surface area contributed by atoms with Gasteiger partial charge in [-0.1, -0.05) is 53.2 Å². The van der Waals surface area contributed by atoms with E-state index in [1.807, 2.05) is 34.2 Å². The number of thioether (sulfide) groups is 1. The molecule has 0 radical (unpaired) electrons. The summed E-state index contributed by atoms with van der Waals surface area (Å²) in [5, 5.41) is 12.1. The number of hydrogen-bond acceptors (Lipinski definition) is 6. The van der Waals surface area contributed by atoms with Crippen LogP contribution in [0.25, 0.3) is 17.1 Å². The maximum atomic E-state index is 12.6. The van der Waals surface area contributed by atoms with Crippen LogP contribution in [-0.4, -0.2) is 38.5 Å². The van der Waals surface area contributed by atoms with Crippen LogP contribution < -0.4 is 4.90 Å². The number of aryl methyl sites for hydroxylation is 2. The van der Waals surface area contributed by atoms with Gasteiger partial charge in [0, 0.05) is 29.9 Å². The zero-order valence-corrected chi connectivity index (χ0v) is 18.6. The molecular weight excluding hydrogens is 414 g/mol. The van der Waals surface area contributed by atoms with E-state index in [2.05, 4.69) is 53.3 Å². The third-order valence-corrected chi connectivity index (χ3v) is 6.37. The third-order valence-electron chi connectivity index (χ3n) is 4.61. The summed E-state index contributed by atoms with van der Waals surface area (Å²) in [7, 11) is 1.74. The first kappa shape index (κ1) is 20.3. The Morgan fingerprint density at radius 2 is 1.90 bits per heavy atom. The van der Waals surface area contributed by atoms with E-state index < -0.39 is 0 Å². The monoisotopic (exact) mass is 435 g/mol. The molecule has 0 aliphatic rings. The number of amides is 1. The van der Waals surface area contributed by atoms with E-state index in [1.165, 1.54) is 28.7 Å². The Kier molecular flexibility index (Phi) is 5.96. The van der Waals surface area contributed by atoms with Gasteiger partial charge in [-0.3, -0.25) is 14.3 Å². The summed E-state index contributed by atoms with van der Waals surface area (Å²) in [5.74, 6) is 0.963. The second-order valence-electron chi connectivity index (χ2n) is 6.90. The molecule has 4 aromatic rings. The molecule has 4 rings (SSSR count). The fraction of sp³-hybridized carbons (Fsp3) is 0.182. The van der Waals surface area contributed by atoms with Crippen LogP contribution in [0.4, 0.5) is 5.13 Å². The van der Waals surface area contributed by atoms with Gasteiger partial charge in [-0.15, -0.1) is 21.5 Å². The molecule has 0 aliphatic carbocycles. The molecule has 0 fully saturated rings. The molecule has 0 N–H and O–H groups in total. The number of carbonyl (C=O) groups excluding carboxylic acids is 1. The number of hydrogen-bond donors (Lipinski definition) is 0. The Balaban J connectivity index is 1.66. The first-order valence-electron chi connectivity index (χ1n) is 9.41. The minimum atomic E-state index is -0.0366. The van der Waals surface area contributed by atoms with Gasteiger partial charge in [0.05, 0.1) is 5.75 Å². The van der Waals surface area contributed by atoms with Crippen LogP contribution in [0.5, 0.6) is 0 Å². The zero-order chi connectivity index (χ0) is 21.1. The number of benzene rings is 2. The lowest BCUT2D eigenvalue weighted by atomic mass is 10.1. The van der Waals surface area contributed by atoms with Crippen molar-refractivity contribution in [3.63, 3.8) is 0 Å². The minimum Gasteiger partial charge on any atom is -0.291 e. The zero-order valence-electron chi connectivity index (χ0n) is 16.9. The normalized spacial score (nSPS) is 10.9. The fourth-order valence-electron chi connectivity index (χ4n) is 2.97. The van der Waals surface area contributed by atoms with Gasteiger partial charge in [0.2, 0.25) is 5.91 Å². The Bertz CT molecular complexity index is 1150. The van der Waals surface area contributed by atoms with Gasteiger partial charge in [-0.05, 0) is 32.0 Å². The molecule has 0 saturated carbocycles. The molecule has 0 atom stereocenters. The summed E-state index contributed by atoms with van der Waals surface area (Å²) in [6.07, 6.45) is 1.69. The highest BCUT2D eigenvalue weighted by molar-refractivity contribution is 7.99. The molecule has 0 aliphatic heterocycles. The number of carbonyl (C=O) groups is 1. The van der Waals surface area contributed by atoms with Crippen LogP contribution in [0.1, 0.15) is 11.1 Å². The van der Waals surface area contributed by atoms with Crippen LogP contribution in [-0.2, 0) is 4.79 Å². The SMILES string of the molecule is Cc1ccc(-n2c(SCC(=O)N(C)c3nccs3)nnc2-c2cccc(C)c2)cc1. The van der Waals surface area contributed by atoms with Crippen molar-refractivity contribution in [2.75, 3.05) is 17.7 Å². The van der Waals surface area contributed by atoms with Crippen molar-refractivity contribution in [1.29, 1.82) is 0 Å². The van der Waals surface area contributed by atoms with E-state index in [1.54, 1.807) is 18.1 Å². The Morgan fingerprint density at radius 3 is 2.60 bits per heavy atom. The van der Waals surface area contributed by atoms with Crippen molar-refractivity contribution in [3.8, 4) is 17.1 Å². The summed E-state index contributed by atoms with van der Waals surface area (Å²) in [6, 6.07) is 16.4. The highest BCUT2D eigenvalue weighted by Gasteiger charge is 2.19. The number of thiazole rings is 1. The number of anilines is 1. The van der Waals surface area contributed by atoms with E-state index in [-0.39, 0.29) is 11.7 Å². The third kappa shape index (κ3) is 4.29. The van der Waals surface area contributed by atoms with Crippen LogP contribution in [0, 0.1) is 13.8 Å². The topological polar surface area (TPSA) is 63.9 Å². The molecule has 2 aromatic carbocycles. The lowest BCUT2D eigenvalue weighted by Crippen LogP contribution is -2.27. The van der Waals surface area contributed by atoms with Crippen molar-refractivity contribution in [2.24, 2.45) is 0 Å². The van der Waals surface area contributed by atoms with Gasteiger partial charge in [-0.25, -0.2) is 4.98 Å². The van der Waals surface area contributed by atoms with Crippen molar-refractivity contribution in [3.05, 3.63) is 71.2 Å². The van der Waals surface area contributed by atoms with Gasteiger partial charge in [0.25, 0.3) is 0 Å². The predicted octanol–water partition coefficient (Wildman–Crippen LogP) is 4.76. The Labute approximate surface area is 183 Å². The van der Waals surface area contributed by atoms with Crippen molar-refractivity contribution in [1.82, 2.24) is 19.7 Å².